The summed E-state index contributed by atoms with van der Waals surface area (Å²) >= 11 is 0. The number of aromatic nitrogens is 1. The van der Waals surface area contributed by atoms with Crippen LogP contribution in [-0.4, -0.2) is 59.4 Å². The molecule has 1 N–H and O–H groups in total. The minimum Gasteiger partial charge on any atom is -0.364 e. The van der Waals surface area contributed by atoms with Crippen molar-refractivity contribution >= 4 is 11.8 Å². The third-order valence-electron chi connectivity index (χ3n) is 5.45. The maximum Gasteiger partial charge on any atom is 0.270 e. The Hall–Kier alpha value is -2.60. The number of benzene rings is 1. The van der Waals surface area contributed by atoms with Crippen LogP contribution in [0.4, 0.5) is 0 Å². The lowest BCUT2D eigenvalue weighted by Gasteiger charge is -2.54. The molecule has 4 rings (SSSR count). The van der Waals surface area contributed by atoms with Gasteiger partial charge in [0, 0.05) is 26.3 Å². The fourth-order valence-electron chi connectivity index (χ4n) is 4.04. The summed E-state index contributed by atoms with van der Waals surface area (Å²) in [6.45, 7) is 1.09. The molecule has 1 aromatic heterocycles. The number of likely N-dealkylation sites (tertiary alicyclic amines) is 1. The lowest BCUT2D eigenvalue weighted by molar-refractivity contribution is -0.180. The second-order valence-corrected chi connectivity index (χ2v) is 6.63. The molecule has 6 nitrogen and oxygen atoms in total. The number of H-pyrrole nitrogens is 1. The van der Waals surface area contributed by atoms with Gasteiger partial charge in [-0.1, -0.05) is 30.3 Å². The van der Waals surface area contributed by atoms with Gasteiger partial charge in [-0.25, -0.2) is 0 Å². The van der Waals surface area contributed by atoms with Crippen LogP contribution in [0.5, 0.6) is 0 Å². The number of aromatic amines is 1. The van der Waals surface area contributed by atoms with Crippen LogP contribution >= 0.6 is 0 Å². The van der Waals surface area contributed by atoms with Crippen molar-refractivity contribution in [2.45, 2.75) is 18.1 Å². The Morgan fingerprint density at radius 2 is 2.04 bits per heavy atom. The number of nitrogens with zero attached hydrogens (tertiary/aromatic N) is 2. The van der Waals surface area contributed by atoms with Crippen LogP contribution in [0, 0.1) is 0 Å². The summed E-state index contributed by atoms with van der Waals surface area (Å²) in [6.07, 6.45) is 2.15. The zero-order valence-electron chi connectivity index (χ0n) is 14.1. The summed E-state index contributed by atoms with van der Waals surface area (Å²) in [4.78, 5) is 31.6. The summed E-state index contributed by atoms with van der Waals surface area (Å²) in [5.41, 5.74) is 1.11. The highest BCUT2D eigenvalue weighted by Crippen LogP contribution is 2.42. The minimum absolute atomic E-state index is 0.0238. The smallest absolute Gasteiger partial charge is 0.270 e. The third kappa shape index (κ3) is 2.44. The van der Waals surface area contributed by atoms with Gasteiger partial charge in [0.15, 0.2) is 0 Å². The fraction of sp³-hybridized carbons (Fsp3) is 0.368. The van der Waals surface area contributed by atoms with E-state index in [9.17, 15) is 9.59 Å². The van der Waals surface area contributed by atoms with E-state index in [2.05, 4.69) is 4.98 Å². The average Bonchev–Trinajstić information content (AvgIpc) is 3.19. The molecule has 2 saturated heterocycles. The second-order valence-electron chi connectivity index (χ2n) is 6.63. The van der Waals surface area contributed by atoms with Crippen LogP contribution in [-0.2, 0) is 15.1 Å². The Morgan fingerprint density at radius 1 is 1.24 bits per heavy atom. The number of amides is 2. The number of piperidine rings is 1. The minimum atomic E-state index is -0.525. The van der Waals surface area contributed by atoms with E-state index in [0.29, 0.717) is 25.2 Å². The van der Waals surface area contributed by atoms with E-state index in [1.165, 1.54) is 0 Å². The molecule has 2 aromatic rings. The number of hydrogen-bond acceptors (Lipinski definition) is 3. The zero-order valence-corrected chi connectivity index (χ0v) is 14.1. The van der Waals surface area contributed by atoms with Gasteiger partial charge in [-0.3, -0.25) is 9.59 Å². The van der Waals surface area contributed by atoms with Crippen molar-refractivity contribution in [3.63, 3.8) is 0 Å². The molecule has 0 aliphatic carbocycles. The van der Waals surface area contributed by atoms with Crippen LogP contribution in [0.1, 0.15) is 22.5 Å². The third-order valence-corrected chi connectivity index (χ3v) is 5.45. The molecule has 3 heterocycles. The Morgan fingerprint density at radius 3 is 2.76 bits per heavy atom. The van der Waals surface area contributed by atoms with Gasteiger partial charge < -0.3 is 19.5 Å². The van der Waals surface area contributed by atoms with Crippen molar-refractivity contribution in [1.29, 1.82) is 0 Å². The summed E-state index contributed by atoms with van der Waals surface area (Å²) in [5, 5.41) is 0. The standard InChI is InChI=1S/C19H21N3O3/c1-21-17(23)13-25-16-12-22(18(24)15-8-5-10-20-15)11-9-19(16,21)14-6-3-2-4-7-14/h2-8,10,16,20H,9,11-13H2,1H3/t16-,19+/m1/s1. The van der Waals surface area contributed by atoms with Crippen molar-refractivity contribution in [1.82, 2.24) is 14.8 Å². The van der Waals surface area contributed by atoms with Gasteiger partial charge >= 0.3 is 0 Å². The van der Waals surface area contributed by atoms with Gasteiger partial charge in [-0.2, -0.15) is 0 Å². The lowest BCUT2D eigenvalue weighted by Crippen LogP contribution is -2.67. The van der Waals surface area contributed by atoms with Crippen molar-refractivity contribution < 1.29 is 14.3 Å². The Kier molecular flexibility index (Phi) is 3.84. The van der Waals surface area contributed by atoms with Gasteiger partial charge in [0.25, 0.3) is 5.91 Å². The first-order valence-corrected chi connectivity index (χ1v) is 8.49. The number of carbonyl (C=O) groups is 2. The molecule has 2 aliphatic heterocycles. The number of rotatable bonds is 2. The normalized spacial score (nSPS) is 26.4. The molecule has 130 valence electrons. The van der Waals surface area contributed by atoms with Crippen molar-refractivity contribution in [3.8, 4) is 0 Å². The highest BCUT2D eigenvalue weighted by molar-refractivity contribution is 5.92. The van der Waals surface area contributed by atoms with Gasteiger partial charge in [0.1, 0.15) is 18.4 Å². The molecule has 0 saturated carbocycles. The van der Waals surface area contributed by atoms with Crippen LogP contribution in [0.3, 0.4) is 0 Å². The zero-order chi connectivity index (χ0) is 17.4. The van der Waals surface area contributed by atoms with E-state index in [1.54, 1.807) is 17.2 Å². The van der Waals surface area contributed by atoms with E-state index in [0.717, 1.165) is 5.56 Å². The number of fused-ring (bicyclic) bond motifs is 1. The highest BCUT2D eigenvalue weighted by atomic mass is 16.5. The molecule has 2 aliphatic rings. The number of carbonyl (C=O) groups excluding carboxylic acids is 2. The molecule has 2 fully saturated rings. The molecule has 0 spiro atoms. The maximum atomic E-state index is 12.7. The van der Waals surface area contributed by atoms with E-state index in [1.807, 2.05) is 48.3 Å². The van der Waals surface area contributed by atoms with Gasteiger partial charge in [0.2, 0.25) is 5.91 Å². The summed E-state index contributed by atoms with van der Waals surface area (Å²) in [6, 6.07) is 13.6. The van der Waals surface area contributed by atoms with E-state index in [4.69, 9.17) is 4.74 Å². The number of ether oxygens (including phenoxy) is 1. The fourth-order valence-corrected chi connectivity index (χ4v) is 4.04. The van der Waals surface area contributed by atoms with Gasteiger partial charge in [0.05, 0.1) is 5.54 Å². The van der Waals surface area contributed by atoms with E-state index in [-0.39, 0.29) is 24.5 Å². The first-order valence-electron chi connectivity index (χ1n) is 8.49. The SMILES string of the molecule is CN1C(=O)CO[C@@H]2CN(C(=O)c3ccc[nH]3)CC[C@]21c1ccccc1. The van der Waals surface area contributed by atoms with Crippen LogP contribution in [0.25, 0.3) is 0 Å². The Labute approximate surface area is 146 Å². The predicted octanol–water partition coefficient (Wildman–Crippen LogP) is 1.61. The maximum absolute atomic E-state index is 12.7. The number of nitrogens with one attached hydrogen (secondary N) is 1. The summed E-state index contributed by atoms with van der Waals surface area (Å²) in [7, 11) is 1.84. The quantitative estimate of drug-likeness (QED) is 0.904. The van der Waals surface area contributed by atoms with E-state index >= 15 is 0 Å². The first kappa shape index (κ1) is 15.9. The molecule has 1 aromatic carbocycles. The molecule has 6 heteroatoms. The topological polar surface area (TPSA) is 65.6 Å². The molecule has 0 radical (unpaired) electrons. The molecule has 2 amide bonds. The summed E-state index contributed by atoms with van der Waals surface area (Å²) < 4.78 is 5.92. The Balaban J connectivity index is 1.67. The number of hydrogen-bond donors (Lipinski definition) is 1. The molecular weight excluding hydrogens is 318 g/mol. The second kappa shape index (κ2) is 6.04. The van der Waals surface area contributed by atoms with Crippen LogP contribution in [0.2, 0.25) is 0 Å². The lowest BCUT2D eigenvalue weighted by atomic mass is 9.76. The van der Waals surface area contributed by atoms with Crippen molar-refractivity contribution in [3.05, 3.63) is 59.9 Å². The number of morpholine rings is 1. The largest absolute Gasteiger partial charge is 0.364 e. The average molecular weight is 339 g/mol. The van der Waals surface area contributed by atoms with Gasteiger partial charge in [-0.15, -0.1) is 0 Å². The highest BCUT2D eigenvalue weighted by Gasteiger charge is 2.53. The first-order chi connectivity index (χ1) is 12.1. The van der Waals surface area contributed by atoms with Crippen LogP contribution < -0.4 is 0 Å². The number of likely N-dealkylation sites (N-methyl/N-ethyl adjacent to an activating group) is 1. The van der Waals surface area contributed by atoms with Crippen molar-refractivity contribution in [2.24, 2.45) is 0 Å². The monoisotopic (exact) mass is 339 g/mol. The molecule has 0 bridgehead atoms. The summed E-state index contributed by atoms with van der Waals surface area (Å²) in [5.74, 6) is -0.0564. The molecule has 25 heavy (non-hydrogen) atoms. The Bertz CT molecular complexity index is 774. The van der Waals surface area contributed by atoms with E-state index < -0.39 is 5.54 Å². The molecular formula is C19H21N3O3. The van der Waals surface area contributed by atoms with Crippen molar-refractivity contribution in [2.75, 3.05) is 26.7 Å². The van der Waals surface area contributed by atoms with Crippen LogP contribution in [0.15, 0.2) is 48.7 Å². The van der Waals surface area contributed by atoms with Gasteiger partial charge in [-0.05, 0) is 24.1 Å². The molecule has 2 atom stereocenters. The molecule has 0 unspecified atom stereocenters. The predicted molar refractivity (Wildman–Crippen MR) is 91.9 cm³/mol.